The highest BCUT2D eigenvalue weighted by Gasteiger charge is 2.41. The van der Waals surface area contributed by atoms with Crippen LogP contribution in [0.25, 0.3) is 0 Å². The molecule has 1 unspecified atom stereocenters. The lowest BCUT2D eigenvalue weighted by Crippen LogP contribution is -2.49. The molecular weight excluding hydrogens is 348 g/mol. The summed E-state index contributed by atoms with van der Waals surface area (Å²) in [6.07, 6.45) is 3.72. The van der Waals surface area contributed by atoms with Crippen molar-refractivity contribution >= 4 is 5.69 Å². The number of hydrogen-bond acceptors (Lipinski definition) is 6. The molecule has 0 bridgehead atoms. The molecule has 0 fully saturated rings. The van der Waals surface area contributed by atoms with E-state index in [1.165, 1.54) is 18.2 Å². The molecule has 8 heteroatoms. The molecule has 8 nitrogen and oxygen atoms in total. The van der Waals surface area contributed by atoms with Crippen LogP contribution in [0.1, 0.15) is 23.7 Å². The first-order chi connectivity index (χ1) is 12.9. The number of nitrogens with one attached hydrogen (secondary N) is 2. The van der Waals surface area contributed by atoms with Crippen molar-refractivity contribution in [2.75, 3.05) is 0 Å². The smallest absolute Gasteiger partial charge is 0.281 e. The van der Waals surface area contributed by atoms with Gasteiger partial charge in [-0.1, -0.05) is 36.4 Å². The lowest BCUT2D eigenvalue weighted by molar-refractivity contribution is -0.386. The van der Waals surface area contributed by atoms with Crippen LogP contribution >= 0.6 is 0 Å². The molecule has 140 valence electrons. The summed E-state index contributed by atoms with van der Waals surface area (Å²) in [7, 11) is 0. The Balaban J connectivity index is 2.08. The van der Waals surface area contributed by atoms with Gasteiger partial charge in [0.2, 0.25) is 0 Å². The summed E-state index contributed by atoms with van der Waals surface area (Å²) in [4.78, 5) is 17.9. The third kappa shape index (κ3) is 3.81. The molecule has 0 saturated heterocycles. The second kappa shape index (κ2) is 7.56. The molecule has 4 N–H and O–H groups in total. The summed E-state index contributed by atoms with van der Waals surface area (Å²) in [5.41, 5.74) is -1.31. The number of nitro benzene ring substituents is 1. The van der Waals surface area contributed by atoms with Crippen LogP contribution in [0.15, 0.2) is 61.1 Å². The van der Waals surface area contributed by atoms with Crippen LogP contribution in [-0.2, 0) is 12.1 Å². The molecule has 3 rings (SSSR count). The van der Waals surface area contributed by atoms with Crippen LogP contribution in [0.4, 0.5) is 5.69 Å². The van der Waals surface area contributed by atoms with Gasteiger partial charge in [0, 0.05) is 36.0 Å². The van der Waals surface area contributed by atoms with Crippen LogP contribution in [0, 0.1) is 10.1 Å². The van der Waals surface area contributed by atoms with Crippen molar-refractivity contribution in [2.24, 2.45) is 0 Å². The molecule has 27 heavy (non-hydrogen) atoms. The highest BCUT2D eigenvalue weighted by atomic mass is 16.6. The fourth-order valence-electron chi connectivity index (χ4n) is 3.16. The van der Waals surface area contributed by atoms with Crippen LogP contribution < -0.4 is 5.32 Å². The molecule has 0 saturated carbocycles. The zero-order valence-corrected chi connectivity index (χ0v) is 14.7. The molecule has 0 aliphatic rings. The SMILES string of the molecule is C[C@H](Cc1cnc[nH]1)NC(O)(c1ccccc1)c1c(O)cccc1[N+](=O)[O-]. The van der Waals surface area contributed by atoms with Crippen LogP contribution in [0.3, 0.4) is 0 Å². The average molecular weight is 368 g/mol. The van der Waals surface area contributed by atoms with E-state index >= 15 is 0 Å². The summed E-state index contributed by atoms with van der Waals surface area (Å²) in [5, 5.41) is 36.5. The van der Waals surface area contributed by atoms with Crippen molar-refractivity contribution in [1.82, 2.24) is 15.3 Å². The average Bonchev–Trinajstić information content (AvgIpc) is 3.14. The molecule has 0 spiro atoms. The van der Waals surface area contributed by atoms with E-state index in [1.54, 1.807) is 42.9 Å². The van der Waals surface area contributed by atoms with E-state index in [2.05, 4.69) is 15.3 Å². The quantitative estimate of drug-likeness (QED) is 0.288. The highest BCUT2D eigenvalue weighted by Crippen LogP contribution is 2.39. The first-order valence-corrected chi connectivity index (χ1v) is 8.41. The molecular formula is C19H20N4O4. The van der Waals surface area contributed by atoms with Gasteiger partial charge < -0.3 is 15.2 Å². The van der Waals surface area contributed by atoms with E-state index in [1.807, 2.05) is 6.92 Å². The van der Waals surface area contributed by atoms with E-state index in [9.17, 15) is 20.3 Å². The van der Waals surface area contributed by atoms with Crippen molar-refractivity contribution in [3.63, 3.8) is 0 Å². The van der Waals surface area contributed by atoms with Gasteiger partial charge in [-0.15, -0.1) is 0 Å². The van der Waals surface area contributed by atoms with Gasteiger partial charge >= 0.3 is 0 Å². The minimum absolute atomic E-state index is 0.197. The maximum absolute atomic E-state index is 11.6. The number of rotatable bonds is 7. The minimum Gasteiger partial charge on any atom is -0.507 e. The predicted molar refractivity (Wildman–Crippen MR) is 99.1 cm³/mol. The first kappa shape index (κ1) is 18.6. The first-order valence-electron chi connectivity index (χ1n) is 8.41. The van der Waals surface area contributed by atoms with Gasteiger partial charge in [-0.25, -0.2) is 4.98 Å². The number of phenolic OH excluding ortho intramolecular Hbond substituents is 1. The number of benzene rings is 2. The fourth-order valence-corrected chi connectivity index (χ4v) is 3.16. The Bertz CT molecular complexity index is 915. The Morgan fingerprint density at radius 1 is 1.26 bits per heavy atom. The zero-order chi connectivity index (χ0) is 19.4. The molecule has 0 aliphatic heterocycles. The minimum atomic E-state index is -1.96. The molecule has 0 amide bonds. The Labute approximate surface area is 155 Å². The second-order valence-electron chi connectivity index (χ2n) is 6.33. The standard InChI is InChI=1S/C19H20N4O4/c1-13(10-15-11-20-12-21-15)22-19(25,14-6-3-2-4-7-14)18-16(23(26)27)8-5-9-17(18)24/h2-9,11-13,22,24-25H,10H2,1H3,(H,20,21)/t13-,19?/m1/s1. The highest BCUT2D eigenvalue weighted by molar-refractivity contribution is 5.55. The maximum Gasteiger partial charge on any atom is 0.281 e. The van der Waals surface area contributed by atoms with Crippen molar-refractivity contribution < 1.29 is 15.1 Å². The Hall–Kier alpha value is -3.23. The molecule has 1 aromatic heterocycles. The van der Waals surface area contributed by atoms with Crippen LogP contribution in [0.2, 0.25) is 0 Å². The van der Waals surface area contributed by atoms with Gasteiger partial charge in [-0.3, -0.25) is 15.4 Å². The topological polar surface area (TPSA) is 124 Å². The molecule has 3 aromatic rings. The molecule has 2 atom stereocenters. The van der Waals surface area contributed by atoms with Gasteiger partial charge in [0.05, 0.1) is 11.3 Å². The number of phenols is 1. The van der Waals surface area contributed by atoms with E-state index in [4.69, 9.17) is 0 Å². The number of aromatic hydroxyl groups is 1. The van der Waals surface area contributed by atoms with Gasteiger partial charge in [0.25, 0.3) is 5.69 Å². The van der Waals surface area contributed by atoms with Crippen LogP contribution in [0.5, 0.6) is 5.75 Å². The second-order valence-corrected chi connectivity index (χ2v) is 6.33. The van der Waals surface area contributed by atoms with Crippen molar-refractivity contribution in [2.45, 2.75) is 25.1 Å². The summed E-state index contributed by atoms with van der Waals surface area (Å²) >= 11 is 0. The lowest BCUT2D eigenvalue weighted by Gasteiger charge is -2.33. The number of aromatic amines is 1. The number of aliphatic hydroxyl groups is 1. The monoisotopic (exact) mass is 368 g/mol. The van der Waals surface area contributed by atoms with Crippen molar-refractivity contribution in [1.29, 1.82) is 0 Å². The number of nitro groups is 1. The lowest BCUT2D eigenvalue weighted by atomic mass is 9.91. The molecule has 2 aromatic carbocycles. The summed E-state index contributed by atoms with van der Waals surface area (Å²) in [6, 6.07) is 12.1. The number of H-pyrrole nitrogens is 1. The number of nitrogens with zero attached hydrogens (tertiary/aromatic N) is 2. The van der Waals surface area contributed by atoms with Gasteiger partial charge in [-0.2, -0.15) is 0 Å². The Morgan fingerprint density at radius 3 is 2.63 bits per heavy atom. The molecule has 0 aliphatic carbocycles. The number of hydrogen-bond donors (Lipinski definition) is 4. The molecule has 0 radical (unpaired) electrons. The van der Waals surface area contributed by atoms with E-state index in [0.29, 0.717) is 12.0 Å². The Kier molecular flexibility index (Phi) is 5.20. The number of imidazole rings is 1. The molecule has 1 heterocycles. The van der Waals surface area contributed by atoms with Gasteiger partial charge in [0.15, 0.2) is 5.72 Å². The van der Waals surface area contributed by atoms with Crippen molar-refractivity contribution in [3.8, 4) is 5.75 Å². The zero-order valence-electron chi connectivity index (χ0n) is 14.7. The van der Waals surface area contributed by atoms with Gasteiger partial charge in [-0.05, 0) is 13.0 Å². The fraction of sp³-hybridized carbons (Fsp3) is 0.211. The predicted octanol–water partition coefficient (Wildman–Crippen LogP) is 2.44. The Morgan fingerprint density at radius 2 is 2.00 bits per heavy atom. The normalized spacial score (nSPS) is 14.4. The summed E-state index contributed by atoms with van der Waals surface area (Å²) < 4.78 is 0. The largest absolute Gasteiger partial charge is 0.507 e. The third-order valence-electron chi connectivity index (χ3n) is 4.31. The van der Waals surface area contributed by atoms with E-state index in [-0.39, 0.29) is 23.0 Å². The third-order valence-corrected chi connectivity index (χ3v) is 4.31. The summed E-state index contributed by atoms with van der Waals surface area (Å²) in [5.74, 6) is -0.364. The number of aromatic nitrogens is 2. The van der Waals surface area contributed by atoms with Crippen LogP contribution in [-0.4, -0.2) is 31.1 Å². The summed E-state index contributed by atoms with van der Waals surface area (Å²) in [6.45, 7) is 1.83. The van der Waals surface area contributed by atoms with Crippen molar-refractivity contribution in [3.05, 3.63) is 88.0 Å². The maximum atomic E-state index is 11.6. The van der Waals surface area contributed by atoms with E-state index < -0.39 is 10.6 Å². The van der Waals surface area contributed by atoms with Gasteiger partial charge in [0.1, 0.15) is 11.3 Å². The van der Waals surface area contributed by atoms with E-state index in [0.717, 1.165) is 5.69 Å².